The van der Waals surface area contributed by atoms with Gasteiger partial charge in [0.25, 0.3) is 10.1 Å². The molecule has 34 heteroatoms. The molecule has 15 N–H and O–H groups in total. The molecule has 2 aromatic rings. The van der Waals surface area contributed by atoms with Crippen LogP contribution in [0, 0.1) is 23.7 Å². The van der Waals surface area contributed by atoms with E-state index in [1.54, 1.807) is 27.7 Å². The van der Waals surface area contributed by atoms with Crippen molar-refractivity contribution in [1.29, 1.82) is 0 Å². The summed E-state index contributed by atoms with van der Waals surface area (Å²) < 4.78 is 51.0. The third-order valence-electron chi connectivity index (χ3n) is 15.1. The smallest absolute Gasteiger partial charge is 0.410 e. The second-order valence-electron chi connectivity index (χ2n) is 22.1. The molecule has 5 rings (SSSR count). The van der Waals surface area contributed by atoms with Gasteiger partial charge >= 0.3 is 6.09 Å². The average molecular weight is 1290 g/mol. The van der Waals surface area contributed by atoms with Crippen LogP contribution in [0.1, 0.15) is 72.3 Å². The minimum absolute atomic E-state index is 0.0635. The molecule has 4 heterocycles. The Labute approximate surface area is 506 Å². The van der Waals surface area contributed by atoms with E-state index in [0.29, 0.717) is 12.2 Å². The number of nitrogens with zero attached hydrogens (tertiary/aromatic N) is 2. The van der Waals surface area contributed by atoms with Gasteiger partial charge in [0.15, 0.2) is 11.6 Å². The van der Waals surface area contributed by atoms with Crippen LogP contribution in [0.15, 0.2) is 23.2 Å². The van der Waals surface area contributed by atoms with Gasteiger partial charge in [0.05, 0.1) is 83.8 Å². The van der Waals surface area contributed by atoms with Crippen molar-refractivity contribution in [2.24, 2.45) is 35.1 Å². The molecular formula is C52H77N11O19S4. The van der Waals surface area contributed by atoms with Crippen molar-refractivity contribution >= 4 is 118 Å². The zero-order valence-corrected chi connectivity index (χ0v) is 51.6. The summed E-state index contributed by atoms with van der Waals surface area (Å²) in [4.78, 5) is 158. The number of carbonyl (C=O) groups excluding carboxylic acids is 11. The number of primary amides is 1. The van der Waals surface area contributed by atoms with Gasteiger partial charge < -0.3 is 78.2 Å². The molecule has 3 aliphatic heterocycles. The summed E-state index contributed by atoms with van der Waals surface area (Å²) in [6.07, 6.45) is -6.91. The maximum absolute atomic E-state index is 15.1. The number of carbonyl (C=O) groups is 11. The molecule has 0 saturated carbocycles. The van der Waals surface area contributed by atoms with Crippen molar-refractivity contribution in [2.45, 2.75) is 125 Å². The van der Waals surface area contributed by atoms with E-state index in [1.807, 2.05) is 0 Å². The summed E-state index contributed by atoms with van der Waals surface area (Å²) in [5, 5.41) is 46.7. The minimum atomic E-state index is -4.32. The Kier molecular flexibility index (Phi) is 25.5. The maximum Gasteiger partial charge on any atom is 0.414 e. The molecule has 3 aliphatic rings. The number of ether oxygens (including phenoxy) is 1. The van der Waals surface area contributed by atoms with Crippen LogP contribution < -0.4 is 48.1 Å². The summed E-state index contributed by atoms with van der Waals surface area (Å²) in [5.41, 5.74) is 11.9. The first-order valence-corrected chi connectivity index (χ1v) is 32.8. The van der Waals surface area contributed by atoms with Gasteiger partial charge in [-0.15, -0.1) is 0 Å². The first-order chi connectivity index (χ1) is 40.2. The van der Waals surface area contributed by atoms with Crippen LogP contribution in [-0.2, 0) is 75.3 Å². The van der Waals surface area contributed by atoms with E-state index in [2.05, 4.69) is 36.9 Å². The van der Waals surface area contributed by atoms with Gasteiger partial charge in [0, 0.05) is 86.2 Å². The fraction of sp³-hybridized carbons (Fsp3) is 0.635. The largest absolute Gasteiger partial charge is 0.414 e. The van der Waals surface area contributed by atoms with E-state index in [9.17, 15) is 76.5 Å². The van der Waals surface area contributed by atoms with Gasteiger partial charge in [-0.05, 0) is 43.9 Å². The summed E-state index contributed by atoms with van der Waals surface area (Å²) in [7, 11) is -2.83. The number of nitrogens with one attached hydrogen (secondary N) is 7. The average Bonchev–Trinajstić information content (AvgIpc) is 2.04. The molecule has 2 bridgehead atoms. The van der Waals surface area contributed by atoms with Crippen molar-refractivity contribution < 1.29 is 90.0 Å². The Morgan fingerprint density at radius 1 is 0.953 bits per heavy atom. The van der Waals surface area contributed by atoms with E-state index >= 15 is 4.21 Å². The number of amides is 9. The van der Waals surface area contributed by atoms with Crippen LogP contribution in [0.5, 0.6) is 5.75 Å². The van der Waals surface area contributed by atoms with E-state index in [0.717, 1.165) is 4.90 Å². The predicted octanol–water partition coefficient (Wildman–Crippen LogP) is -3.52. The van der Waals surface area contributed by atoms with Crippen LogP contribution in [0.3, 0.4) is 0 Å². The highest BCUT2D eigenvalue weighted by Gasteiger charge is 2.45. The molecular weight excluding hydrogens is 1210 g/mol. The van der Waals surface area contributed by atoms with E-state index in [4.69, 9.17) is 20.8 Å². The number of rotatable bonds is 18. The number of hydrogen-bond donors (Lipinski definition) is 13. The van der Waals surface area contributed by atoms with Crippen molar-refractivity contribution in [3.8, 4) is 5.75 Å². The monoisotopic (exact) mass is 1290 g/mol. The number of ketones is 2. The van der Waals surface area contributed by atoms with Crippen molar-refractivity contribution in [3.63, 3.8) is 0 Å². The SMILES string of the molecule is CC[C@H](C)[C@@H]1NC(=O)CNC(=O)[C@@H]2CC(=O)[C@H]([C@@H](C)[C@@H](O)CO)NC(=O)[C@@H]3C[C@@H](O)CN3C(=O)[C@H](CC(N)=O)CC(=O)[C@H](CS(=O)c3[nH]c4cc(OC(=O)N(C)CCSSC(C)(C)C(N)C(=O)NCCS(=O)(=O)O)ccc4c3C2)NC(=O)CNC1=O. The molecule has 0 aliphatic carbocycles. The number of benzene rings is 1. The first-order valence-electron chi connectivity index (χ1n) is 27.6. The Bertz CT molecular complexity index is 3040. The highest BCUT2D eigenvalue weighted by Crippen LogP contribution is 2.38. The van der Waals surface area contributed by atoms with Crippen LogP contribution >= 0.6 is 21.6 Å². The van der Waals surface area contributed by atoms with Crippen molar-refractivity contribution in [1.82, 2.24) is 46.7 Å². The zero-order chi connectivity index (χ0) is 64.1. The number of aromatic amines is 1. The summed E-state index contributed by atoms with van der Waals surface area (Å²) in [5.74, 6) is -15.6. The van der Waals surface area contributed by atoms with Crippen LogP contribution in [0.25, 0.3) is 10.9 Å². The fourth-order valence-corrected chi connectivity index (χ4v) is 14.2. The first kappa shape index (κ1) is 70.5. The Morgan fingerprint density at radius 2 is 1.62 bits per heavy atom. The minimum Gasteiger partial charge on any atom is -0.410 e. The number of Topliss-reactive ketones (excluding diaryl/α,β-unsaturated/α-hetero) is 2. The number of aliphatic hydroxyl groups excluding tert-OH is 3. The second-order valence-corrected chi connectivity index (χ2v) is 28.2. The lowest BCUT2D eigenvalue weighted by atomic mass is 9.85. The molecule has 30 nitrogen and oxygen atoms in total. The Hall–Kier alpha value is -6.27. The number of hydrogen-bond acceptors (Lipinski definition) is 21. The molecule has 1 fully saturated rings. The van der Waals surface area contributed by atoms with E-state index < -0.39 is 227 Å². The summed E-state index contributed by atoms with van der Waals surface area (Å²) in [6.45, 7) is 4.83. The molecule has 2 unspecified atom stereocenters. The van der Waals surface area contributed by atoms with E-state index in [1.165, 1.54) is 58.7 Å². The number of nitrogens with two attached hydrogens (primary N) is 2. The third-order valence-corrected chi connectivity index (χ3v) is 20.6. The van der Waals surface area contributed by atoms with Crippen LogP contribution in [0.4, 0.5) is 4.79 Å². The molecule has 12 atom stereocenters. The van der Waals surface area contributed by atoms with Gasteiger partial charge in [0.2, 0.25) is 47.3 Å². The molecule has 1 aromatic carbocycles. The van der Waals surface area contributed by atoms with E-state index in [-0.39, 0.29) is 40.3 Å². The number of aliphatic hydroxyl groups is 3. The number of aromatic nitrogens is 1. The molecule has 478 valence electrons. The lowest BCUT2D eigenvalue weighted by Crippen LogP contribution is -2.56. The summed E-state index contributed by atoms with van der Waals surface area (Å²) in [6, 6.07) is -3.29. The molecule has 0 radical (unpaired) electrons. The number of H-pyrrole nitrogens is 1. The van der Waals surface area contributed by atoms with Gasteiger partial charge in [-0.1, -0.05) is 48.8 Å². The Balaban J connectivity index is 1.59. The highest BCUT2D eigenvalue weighted by atomic mass is 33.1. The van der Waals surface area contributed by atoms with Gasteiger partial charge in [-0.3, -0.25) is 56.7 Å². The van der Waals surface area contributed by atoms with Crippen molar-refractivity contribution in [2.75, 3.05) is 63.6 Å². The molecule has 0 spiro atoms. The van der Waals surface area contributed by atoms with Crippen LogP contribution in [0.2, 0.25) is 0 Å². The Morgan fingerprint density at radius 3 is 2.26 bits per heavy atom. The van der Waals surface area contributed by atoms with Gasteiger partial charge in [0.1, 0.15) is 22.9 Å². The quantitative estimate of drug-likeness (QED) is 0.0391. The molecule has 1 aromatic heterocycles. The highest BCUT2D eigenvalue weighted by molar-refractivity contribution is 8.77. The van der Waals surface area contributed by atoms with Crippen LogP contribution in [-0.4, -0.2) is 223 Å². The third kappa shape index (κ3) is 19.4. The molecule has 1 saturated heterocycles. The maximum atomic E-state index is 15.1. The fourth-order valence-electron chi connectivity index (χ4n) is 9.73. The van der Waals surface area contributed by atoms with Gasteiger partial charge in [-0.2, -0.15) is 8.42 Å². The molecule has 86 heavy (non-hydrogen) atoms. The summed E-state index contributed by atoms with van der Waals surface area (Å²) >= 11 is 0. The predicted molar refractivity (Wildman–Crippen MR) is 313 cm³/mol. The topological polar surface area (TPSA) is 476 Å². The standard InChI is InChI=1S/C52H77N11O19S4/c1-7-25(2)42-47(74)57-20-40(70)58-34-24-85(78)49-32(31-9-8-30(19-33(31)59-49)82-51(77)62(6)11-12-83-84-52(4,5)44(54)48(75)55-10-13-86(79,80)81)14-27(45(72)56-21-41(71)60-42)15-37(67)43(26(3)38(68)23-64)61-46(73)35-18-29(65)22-63(35)50(76)28(16-36(34)66)17-39(53)69/h8-9,19,25-29,34-35,38,42-44,59,64-65,68H,7,10-18,20-24,54H2,1-6H3,(H2,53,69)(H,55,75)(H,56,72)(H,57,74)(H,58,70)(H,60,71)(H,61,73)(H,79,80,81)/t25-,26-,27-,28-,29+,34-,35-,38-,42-,43-,44?,85?/m0/s1. The second kappa shape index (κ2) is 31.1. The molecule has 9 amide bonds. The lowest BCUT2D eigenvalue weighted by molar-refractivity contribution is -0.145. The normalized spacial score (nSPS) is 25.0. The van der Waals surface area contributed by atoms with Gasteiger partial charge in [-0.25, -0.2) is 4.79 Å². The lowest BCUT2D eigenvalue weighted by Gasteiger charge is -2.32. The zero-order valence-electron chi connectivity index (χ0n) is 48.3. The van der Waals surface area contributed by atoms with Crippen molar-refractivity contribution in [3.05, 3.63) is 23.8 Å². The number of fused-ring (bicyclic) bond motifs is 5.